The molecule has 3 N–H and O–H groups in total. The summed E-state index contributed by atoms with van der Waals surface area (Å²) in [7, 11) is 2.02. The Hall–Kier alpha value is -2.21. The first kappa shape index (κ1) is 15.2. The molecule has 0 atom stereocenters. The van der Waals surface area contributed by atoms with E-state index < -0.39 is 0 Å². The fourth-order valence-corrected chi connectivity index (χ4v) is 2.23. The molecule has 0 bridgehead atoms. The molecule has 0 spiro atoms. The average molecular weight is 286 g/mol. The van der Waals surface area contributed by atoms with Crippen LogP contribution in [-0.2, 0) is 13.0 Å². The highest BCUT2D eigenvalue weighted by atomic mass is 15.3. The lowest BCUT2D eigenvalue weighted by Crippen LogP contribution is -2.22. The van der Waals surface area contributed by atoms with Crippen LogP contribution in [0.1, 0.15) is 30.3 Å². The van der Waals surface area contributed by atoms with Crippen molar-refractivity contribution in [3.05, 3.63) is 41.5 Å². The van der Waals surface area contributed by atoms with E-state index in [1.807, 2.05) is 26.1 Å². The highest BCUT2D eigenvalue weighted by Crippen LogP contribution is 2.23. The monoisotopic (exact) mass is 286 g/mol. The lowest BCUT2D eigenvalue weighted by atomic mass is 10.2. The number of nitrogens with zero attached hydrogens (tertiary/aromatic N) is 4. The Morgan fingerprint density at radius 1 is 1.24 bits per heavy atom. The van der Waals surface area contributed by atoms with Crippen molar-refractivity contribution in [2.45, 2.75) is 33.2 Å². The van der Waals surface area contributed by atoms with Crippen LogP contribution >= 0.6 is 0 Å². The van der Waals surface area contributed by atoms with Crippen molar-refractivity contribution < 1.29 is 0 Å². The SMILES string of the molecule is CCCc1nc(NN)c(C)c(N(C)Cc2ccncc2)n1. The van der Waals surface area contributed by atoms with Gasteiger partial charge in [0.15, 0.2) is 0 Å². The zero-order valence-corrected chi connectivity index (χ0v) is 12.8. The summed E-state index contributed by atoms with van der Waals surface area (Å²) in [6.07, 6.45) is 5.43. The zero-order valence-electron chi connectivity index (χ0n) is 12.8. The number of anilines is 2. The summed E-state index contributed by atoms with van der Waals surface area (Å²) in [5.74, 6) is 7.97. The lowest BCUT2D eigenvalue weighted by molar-refractivity contribution is 0.806. The molecule has 0 saturated carbocycles. The topological polar surface area (TPSA) is 80.0 Å². The third-order valence-corrected chi connectivity index (χ3v) is 3.31. The second-order valence-corrected chi connectivity index (χ2v) is 5.04. The average Bonchev–Trinajstić information content (AvgIpc) is 2.50. The number of aromatic nitrogens is 3. The van der Waals surface area contributed by atoms with E-state index in [9.17, 15) is 0 Å². The molecule has 2 aromatic heterocycles. The van der Waals surface area contributed by atoms with Gasteiger partial charge in [0.1, 0.15) is 17.5 Å². The summed E-state index contributed by atoms with van der Waals surface area (Å²) < 4.78 is 0. The van der Waals surface area contributed by atoms with Crippen LogP contribution in [0.25, 0.3) is 0 Å². The van der Waals surface area contributed by atoms with E-state index in [-0.39, 0.29) is 0 Å². The molecule has 0 amide bonds. The van der Waals surface area contributed by atoms with Crippen molar-refractivity contribution in [2.75, 3.05) is 17.4 Å². The van der Waals surface area contributed by atoms with Crippen LogP contribution in [0.15, 0.2) is 24.5 Å². The number of nitrogen functional groups attached to an aromatic ring is 1. The number of aryl methyl sites for hydroxylation is 1. The molecule has 6 heteroatoms. The maximum absolute atomic E-state index is 5.57. The van der Waals surface area contributed by atoms with Gasteiger partial charge in [-0.15, -0.1) is 0 Å². The van der Waals surface area contributed by atoms with Crippen LogP contribution < -0.4 is 16.2 Å². The lowest BCUT2D eigenvalue weighted by Gasteiger charge is -2.22. The Morgan fingerprint density at radius 2 is 1.95 bits per heavy atom. The fraction of sp³-hybridized carbons (Fsp3) is 0.400. The molecule has 0 radical (unpaired) electrons. The molecule has 0 aliphatic rings. The van der Waals surface area contributed by atoms with Crippen molar-refractivity contribution in [1.29, 1.82) is 0 Å². The van der Waals surface area contributed by atoms with Gasteiger partial charge in [0.2, 0.25) is 0 Å². The van der Waals surface area contributed by atoms with E-state index in [0.717, 1.165) is 36.6 Å². The van der Waals surface area contributed by atoms with Gasteiger partial charge < -0.3 is 10.3 Å². The normalized spacial score (nSPS) is 10.5. The molecule has 2 rings (SSSR count). The molecule has 0 aromatic carbocycles. The van der Waals surface area contributed by atoms with Gasteiger partial charge in [-0.25, -0.2) is 15.8 Å². The Bertz CT molecular complexity index is 584. The summed E-state index contributed by atoms with van der Waals surface area (Å²) in [6, 6.07) is 4.00. The van der Waals surface area contributed by atoms with E-state index in [2.05, 4.69) is 32.2 Å². The number of hydrazine groups is 1. The Kier molecular flexibility index (Phi) is 5.05. The van der Waals surface area contributed by atoms with E-state index in [0.29, 0.717) is 5.82 Å². The first-order chi connectivity index (χ1) is 10.2. The minimum absolute atomic E-state index is 0.685. The molecule has 6 nitrogen and oxygen atoms in total. The number of nitrogens with two attached hydrogens (primary N) is 1. The first-order valence-corrected chi connectivity index (χ1v) is 7.09. The molecule has 21 heavy (non-hydrogen) atoms. The third kappa shape index (κ3) is 3.66. The highest BCUT2D eigenvalue weighted by Gasteiger charge is 2.13. The minimum Gasteiger partial charge on any atom is -0.355 e. The Morgan fingerprint density at radius 3 is 2.57 bits per heavy atom. The summed E-state index contributed by atoms with van der Waals surface area (Å²) in [5.41, 5.74) is 4.80. The van der Waals surface area contributed by atoms with Crippen molar-refractivity contribution in [3.63, 3.8) is 0 Å². The van der Waals surface area contributed by atoms with Crippen molar-refractivity contribution in [2.24, 2.45) is 5.84 Å². The summed E-state index contributed by atoms with van der Waals surface area (Å²) in [6.45, 7) is 4.85. The minimum atomic E-state index is 0.685. The number of nitrogens with one attached hydrogen (secondary N) is 1. The number of hydrogen-bond acceptors (Lipinski definition) is 6. The largest absolute Gasteiger partial charge is 0.355 e. The van der Waals surface area contributed by atoms with Crippen LogP contribution in [0.5, 0.6) is 0 Å². The maximum atomic E-state index is 5.57. The molecule has 0 aliphatic carbocycles. The quantitative estimate of drug-likeness (QED) is 0.625. The van der Waals surface area contributed by atoms with Crippen molar-refractivity contribution >= 4 is 11.6 Å². The standard InChI is InChI=1S/C15H22N6/c1-4-5-13-18-14(20-16)11(2)15(19-13)21(3)10-12-6-8-17-9-7-12/h6-9H,4-5,10,16H2,1-3H3,(H,18,19,20). The third-order valence-electron chi connectivity index (χ3n) is 3.31. The van der Waals surface area contributed by atoms with Gasteiger partial charge in [-0.3, -0.25) is 4.98 Å². The predicted octanol–water partition coefficient (Wildman–Crippen LogP) is 2.05. The van der Waals surface area contributed by atoms with Crippen molar-refractivity contribution in [3.8, 4) is 0 Å². The summed E-state index contributed by atoms with van der Waals surface area (Å²) >= 11 is 0. The molecule has 112 valence electrons. The first-order valence-electron chi connectivity index (χ1n) is 7.09. The molecule has 0 unspecified atom stereocenters. The van der Waals surface area contributed by atoms with Crippen LogP contribution in [0.3, 0.4) is 0 Å². The van der Waals surface area contributed by atoms with Crippen LogP contribution in [0.4, 0.5) is 11.6 Å². The predicted molar refractivity (Wildman–Crippen MR) is 84.9 cm³/mol. The molecular formula is C15H22N6. The van der Waals surface area contributed by atoms with Crippen molar-refractivity contribution in [1.82, 2.24) is 15.0 Å². The molecule has 0 fully saturated rings. The number of rotatable bonds is 6. The molecule has 0 saturated heterocycles. The number of pyridine rings is 1. The molecule has 0 aliphatic heterocycles. The van der Waals surface area contributed by atoms with Gasteiger partial charge in [0, 0.05) is 38.0 Å². The maximum Gasteiger partial charge on any atom is 0.148 e. The van der Waals surface area contributed by atoms with E-state index in [1.54, 1.807) is 12.4 Å². The summed E-state index contributed by atoms with van der Waals surface area (Å²) in [4.78, 5) is 15.3. The molecule has 2 aromatic rings. The molecule has 2 heterocycles. The van der Waals surface area contributed by atoms with E-state index >= 15 is 0 Å². The van der Waals surface area contributed by atoms with Gasteiger partial charge >= 0.3 is 0 Å². The van der Waals surface area contributed by atoms with Gasteiger partial charge in [-0.05, 0) is 31.0 Å². The fourth-order valence-electron chi connectivity index (χ4n) is 2.23. The van der Waals surface area contributed by atoms with Gasteiger partial charge in [0.25, 0.3) is 0 Å². The highest BCUT2D eigenvalue weighted by molar-refractivity contribution is 5.58. The van der Waals surface area contributed by atoms with E-state index in [4.69, 9.17) is 5.84 Å². The Labute approximate surface area is 125 Å². The Balaban J connectivity index is 2.30. The van der Waals surface area contributed by atoms with Crippen LogP contribution in [-0.4, -0.2) is 22.0 Å². The smallest absolute Gasteiger partial charge is 0.148 e. The van der Waals surface area contributed by atoms with Gasteiger partial charge in [-0.1, -0.05) is 6.92 Å². The van der Waals surface area contributed by atoms with Crippen LogP contribution in [0.2, 0.25) is 0 Å². The van der Waals surface area contributed by atoms with Gasteiger partial charge in [0.05, 0.1) is 0 Å². The zero-order chi connectivity index (χ0) is 15.2. The second kappa shape index (κ2) is 6.99. The summed E-state index contributed by atoms with van der Waals surface area (Å²) in [5, 5.41) is 0. The van der Waals surface area contributed by atoms with E-state index in [1.165, 1.54) is 5.56 Å². The molecular weight excluding hydrogens is 264 g/mol. The number of hydrogen-bond donors (Lipinski definition) is 2. The second-order valence-electron chi connectivity index (χ2n) is 5.04. The van der Waals surface area contributed by atoms with Crippen LogP contribution in [0, 0.1) is 6.92 Å². The van der Waals surface area contributed by atoms with Gasteiger partial charge in [-0.2, -0.15) is 0 Å².